The number of esters is 2. The fourth-order valence-electron chi connectivity index (χ4n) is 7.67. The number of aliphatic hydroxyl groups excluding tert-OH is 2. The summed E-state index contributed by atoms with van der Waals surface area (Å²) in [7, 11) is -23.0. The van der Waals surface area contributed by atoms with Gasteiger partial charge in [-0.1, -0.05) is 168 Å². The van der Waals surface area contributed by atoms with Crippen LogP contribution in [0.1, 0.15) is 194 Å². The van der Waals surface area contributed by atoms with Gasteiger partial charge >= 0.3 is 43.2 Å². The quantitative estimate of drug-likeness (QED) is 0.0158. The summed E-state index contributed by atoms with van der Waals surface area (Å²) in [4.78, 5) is 92.7. The van der Waals surface area contributed by atoms with E-state index in [1.54, 1.807) is 0 Å². The molecule has 0 radical (unpaired) electrons. The number of unbranched alkanes of at least 4 members (excludes halogenated alkanes) is 24. The van der Waals surface area contributed by atoms with Gasteiger partial charge in [0.1, 0.15) is 43.2 Å². The first kappa shape index (κ1) is 64.3. The van der Waals surface area contributed by atoms with Gasteiger partial charge in [-0.05, 0) is 12.8 Å². The zero-order chi connectivity index (χ0) is 50.4. The summed E-state index contributed by atoms with van der Waals surface area (Å²) in [6.07, 6.45) is 10.4. The van der Waals surface area contributed by atoms with Crippen LogP contribution in [0.4, 0.5) is 0 Å². The summed E-state index contributed by atoms with van der Waals surface area (Å²) in [6.45, 7) is 2.75. The molecule has 398 valence electrons. The van der Waals surface area contributed by atoms with E-state index in [0.717, 1.165) is 64.2 Å². The largest absolute Gasteiger partial charge is 0.472 e. The monoisotopic (exact) mass is 1050 g/mol. The van der Waals surface area contributed by atoms with Gasteiger partial charge in [0, 0.05) is 12.8 Å². The highest BCUT2D eigenvalue weighted by Crippen LogP contribution is 2.53. The number of carbonyl (C=O) groups is 2. The highest BCUT2D eigenvalue weighted by atomic mass is 31.2. The smallest absolute Gasteiger partial charge is 0.462 e. The molecule has 1 fully saturated rings. The van der Waals surface area contributed by atoms with Crippen molar-refractivity contribution in [1.29, 1.82) is 0 Å². The Morgan fingerprint density at radius 2 is 0.731 bits per heavy atom. The summed E-state index contributed by atoms with van der Waals surface area (Å²) >= 11 is 0. The molecular formula is C41H82O22P4. The highest BCUT2D eigenvalue weighted by molar-refractivity contribution is 7.47. The van der Waals surface area contributed by atoms with Crippen LogP contribution in [0, 0.1) is 0 Å². The van der Waals surface area contributed by atoms with Gasteiger partial charge in [0.2, 0.25) is 0 Å². The number of hydrogen-bond donors (Lipinski definition) is 9. The first-order valence-electron chi connectivity index (χ1n) is 24.1. The van der Waals surface area contributed by atoms with Crippen molar-refractivity contribution in [2.45, 2.75) is 236 Å². The van der Waals surface area contributed by atoms with Gasteiger partial charge < -0.3 is 53.9 Å². The topological polar surface area (TPSA) is 349 Å². The molecule has 9 N–H and O–H groups in total. The molecule has 0 spiro atoms. The second-order valence-electron chi connectivity index (χ2n) is 17.3. The van der Waals surface area contributed by atoms with E-state index in [0.29, 0.717) is 12.8 Å². The number of rotatable bonds is 42. The molecule has 0 heterocycles. The van der Waals surface area contributed by atoms with E-state index in [-0.39, 0.29) is 12.8 Å². The molecule has 1 aliphatic carbocycles. The first-order valence-corrected chi connectivity index (χ1v) is 30.2. The summed E-state index contributed by atoms with van der Waals surface area (Å²) in [5, 5.41) is 21.8. The maximum atomic E-state index is 13.3. The van der Waals surface area contributed by atoms with Crippen LogP contribution in [0.5, 0.6) is 0 Å². The van der Waals surface area contributed by atoms with Crippen molar-refractivity contribution < 1.29 is 104 Å². The number of carbonyl (C=O) groups excluding carboxylic acids is 2. The van der Waals surface area contributed by atoms with E-state index in [4.69, 9.17) is 18.5 Å². The van der Waals surface area contributed by atoms with Crippen molar-refractivity contribution in [2.24, 2.45) is 0 Å². The van der Waals surface area contributed by atoms with Crippen LogP contribution in [0.2, 0.25) is 0 Å². The number of phosphoric acid groups is 4. The van der Waals surface area contributed by atoms with Gasteiger partial charge in [-0.3, -0.25) is 32.2 Å². The lowest BCUT2D eigenvalue weighted by Gasteiger charge is -2.45. The predicted molar refractivity (Wildman–Crippen MR) is 245 cm³/mol. The molecule has 67 heavy (non-hydrogen) atoms. The number of phosphoric ester groups is 4. The van der Waals surface area contributed by atoms with Gasteiger partial charge in [-0.2, -0.15) is 0 Å². The van der Waals surface area contributed by atoms with Crippen molar-refractivity contribution in [3.63, 3.8) is 0 Å². The maximum absolute atomic E-state index is 13.3. The lowest BCUT2D eigenvalue weighted by atomic mass is 9.85. The molecule has 1 rings (SSSR count). The average molecular weight is 1050 g/mol. The normalized spacial score (nSPS) is 21.8. The summed E-state index contributed by atoms with van der Waals surface area (Å²) < 4.78 is 82.1. The minimum atomic E-state index is -5.78. The Morgan fingerprint density at radius 3 is 1.07 bits per heavy atom. The van der Waals surface area contributed by atoms with Crippen LogP contribution in [0.25, 0.3) is 0 Å². The van der Waals surface area contributed by atoms with E-state index in [2.05, 4.69) is 27.4 Å². The van der Waals surface area contributed by atoms with Crippen LogP contribution in [-0.4, -0.2) is 112 Å². The Kier molecular flexibility index (Phi) is 34.0. The third kappa shape index (κ3) is 33.6. The minimum Gasteiger partial charge on any atom is -0.462 e. The van der Waals surface area contributed by atoms with Gasteiger partial charge in [0.15, 0.2) is 6.10 Å². The van der Waals surface area contributed by atoms with E-state index in [9.17, 15) is 72.3 Å². The fraction of sp³-hybridized carbons (Fsp3) is 0.951. The van der Waals surface area contributed by atoms with Crippen LogP contribution in [-0.2, 0) is 59.9 Å². The molecule has 3 unspecified atom stereocenters. The van der Waals surface area contributed by atoms with Crippen molar-refractivity contribution in [2.75, 3.05) is 13.2 Å². The predicted octanol–water partition coefficient (Wildman–Crippen LogP) is 8.08. The van der Waals surface area contributed by atoms with E-state index < -0.39 is 99.2 Å². The third-order valence-corrected chi connectivity index (χ3v) is 13.7. The Hall–Kier alpha value is -0.700. The molecular weight excluding hydrogens is 968 g/mol. The zero-order valence-electron chi connectivity index (χ0n) is 39.4. The molecule has 0 saturated heterocycles. The van der Waals surface area contributed by atoms with Gasteiger partial charge in [0.05, 0.1) is 6.61 Å². The molecule has 0 aromatic carbocycles. The Morgan fingerprint density at radius 1 is 0.418 bits per heavy atom. The lowest BCUT2D eigenvalue weighted by Crippen LogP contribution is -2.65. The molecule has 1 aliphatic rings. The van der Waals surface area contributed by atoms with Crippen molar-refractivity contribution in [3.05, 3.63) is 0 Å². The molecule has 22 nitrogen and oxygen atoms in total. The summed E-state index contributed by atoms with van der Waals surface area (Å²) in [5.41, 5.74) is 0. The molecule has 0 aromatic heterocycles. The van der Waals surface area contributed by atoms with E-state index in [1.807, 2.05) is 0 Å². The Balaban J connectivity index is 2.91. The van der Waals surface area contributed by atoms with Crippen molar-refractivity contribution in [3.8, 4) is 0 Å². The van der Waals surface area contributed by atoms with Crippen LogP contribution >= 0.6 is 31.3 Å². The van der Waals surface area contributed by atoms with Crippen LogP contribution in [0.15, 0.2) is 0 Å². The van der Waals surface area contributed by atoms with Gasteiger partial charge in [-0.15, -0.1) is 0 Å². The Bertz CT molecular complexity index is 1480. The molecule has 26 heteroatoms. The van der Waals surface area contributed by atoms with Crippen LogP contribution < -0.4 is 0 Å². The Labute approximate surface area is 396 Å². The number of aliphatic hydroxyl groups is 2. The second kappa shape index (κ2) is 35.4. The SMILES string of the molecule is CCCCCCCCCCCCCCCC(=O)OC[C@H](COP(=O)(O)OC1[C@H](O)[C@H](OP(=O)(O)O)C(OP(=O)(O)O)[C@H](OP(=O)(O)O)[C@H]1O)OC(=O)CCCCCCCCCCCCCCC. The maximum Gasteiger partial charge on any atom is 0.472 e. The molecule has 0 aliphatic heterocycles. The molecule has 0 aromatic rings. The van der Waals surface area contributed by atoms with Gasteiger partial charge in [-0.25, -0.2) is 18.3 Å². The first-order chi connectivity index (χ1) is 31.5. The molecule has 0 bridgehead atoms. The molecule has 8 atom stereocenters. The summed E-state index contributed by atoms with van der Waals surface area (Å²) in [6, 6.07) is 0. The third-order valence-electron chi connectivity index (χ3n) is 11.1. The standard InChI is InChI=1S/C41H82O22P4/c1-3-5-7-9-11-13-15-17-19-21-23-25-27-29-34(42)57-31-33(59-35(43)30-28-26-24-22-20-18-16-14-12-10-8-6-4-2)32-58-67(55,56)63-38-36(44)39(60-64(46,47)48)41(62-66(52,53)54)40(37(38)45)61-65(49,50)51/h33,36-41,44-45H,3-32H2,1-2H3,(H,55,56)(H2,46,47,48)(H2,49,50,51)(H2,52,53,54)/t33-,36+,37+,38?,39-,40+,41?/m1/s1. The van der Waals surface area contributed by atoms with Gasteiger partial charge in [0.25, 0.3) is 0 Å². The van der Waals surface area contributed by atoms with E-state index >= 15 is 0 Å². The fourth-order valence-corrected chi connectivity index (χ4v) is 10.3. The highest BCUT2D eigenvalue weighted by Gasteiger charge is 2.59. The van der Waals surface area contributed by atoms with Crippen molar-refractivity contribution in [1.82, 2.24) is 0 Å². The van der Waals surface area contributed by atoms with E-state index in [1.165, 1.54) is 89.9 Å². The zero-order valence-corrected chi connectivity index (χ0v) is 43.0. The molecule has 1 saturated carbocycles. The molecule has 0 amide bonds. The van der Waals surface area contributed by atoms with Crippen molar-refractivity contribution >= 4 is 43.2 Å². The number of ether oxygens (including phenoxy) is 2. The lowest BCUT2D eigenvalue weighted by molar-refractivity contribution is -0.209. The van der Waals surface area contributed by atoms with Crippen LogP contribution in [0.3, 0.4) is 0 Å². The second-order valence-corrected chi connectivity index (χ2v) is 22.3. The average Bonchev–Trinajstić information content (AvgIpc) is 3.22. The summed E-state index contributed by atoms with van der Waals surface area (Å²) in [5.74, 6) is -1.39. The number of hydrogen-bond acceptors (Lipinski definition) is 15. The minimum absolute atomic E-state index is 0.0414.